The van der Waals surface area contributed by atoms with Crippen molar-refractivity contribution in [1.82, 2.24) is 4.98 Å². The van der Waals surface area contributed by atoms with Gasteiger partial charge < -0.3 is 5.43 Å². The average Bonchev–Trinajstić information content (AvgIpc) is 2.71. The second-order valence-corrected chi connectivity index (χ2v) is 4.85. The highest BCUT2D eigenvalue weighted by molar-refractivity contribution is 7.99. The molecule has 2 rings (SSSR count). The van der Waals surface area contributed by atoms with Gasteiger partial charge in [-0.2, -0.15) is 0 Å². The minimum atomic E-state index is 0.744. The fourth-order valence-corrected chi connectivity index (χ4v) is 2.96. The second kappa shape index (κ2) is 4.66. The third-order valence-electron chi connectivity index (χ3n) is 2.46. The summed E-state index contributed by atoms with van der Waals surface area (Å²) < 4.78 is 0. The summed E-state index contributed by atoms with van der Waals surface area (Å²) in [5.74, 6) is 6.05. The number of thioether (sulfide) groups is 1. The number of hydrogen-bond donors (Lipinski definition) is 2. The van der Waals surface area contributed by atoms with E-state index in [2.05, 4.69) is 10.4 Å². The Morgan fingerprint density at radius 1 is 1.36 bits per heavy atom. The zero-order valence-corrected chi connectivity index (χ0v) is 8.89. The molecule has 0 spiro atoms. The monoisotopic (exact) mass is 209 g/mol. The summed E-state index contributed by atoms with van der Waals surface area (Å²) in [6.45, 7) is 0. The molecule has 1 aromatic rings. The van der Waals surface area contributed by atoms with Gasteiger partial charge in [-0.25, -0.2) is 10.8 Å². The number of aromatic nitrogens is 1. The molecule has 1 fully saturated rings. The highest BCUT2D eigenvalue weighted by Gasteiger charge is 2.16. The van der Waals surface area contributed by atoms with Crippen molar-refractivity contribution in [2.24, 2.45) is 5.84 Å². The van der Waals surface area contributed by atoms with Crippen LogP contribution in [0.15, 0.2) is 23.2 Å². The topological polar surface area (TPSA) is 50.9 Å². The van der Waals surface area contributed by atoms with Crippen molar-refractivity contribution in [2.45, 2.75) is 36.0 Å². The van der Waals surface area contributed by atoms with Crippen LogP contribution in [0, 0.1) is 0 Å². The molecule has 1 aliphatic carbocycles. The molecule has 1 aliphatic rings. The predicted octanol–water partition coefficient (Wildman–Crippen LogP) is 2.40. The van der Waals surface area contributed by atoms with Gasteiger partial charge in [-0.1, -0.05) is 18.9 Å². The minimum Gasteiger partial charge on any atom is -0.308 e. The number of rotatable bonds is 3. The molecular formula is C10H15N3S. The summed E-state index contributed by atoms with van der Waals surface area (Å²) in [7, 11) is 0. The quantitative estimate of drug-likeness (QED) is 0.593. The number of nitrogens with zero attached hydrogens (tertiary/aromatic N) is 1. The van der Waals surface area contributed by atoms with Crippen molar-refractivity contribution in [3.63, 3.8) is 0 Å². The molecule has 0 unspecified atom stereocenters. The van der Waals surface area contributed by atoms with Crippen molar-refractivity contribution >= 4 is 17.6 Å². The summed E-state index contributed by atoms with van der Waals surface area (Å²) in [6.07, 6.45) is 5.39. The lowest BCUT2D eigenvalue weighted by Gasteiger charge is -2.08. The Labute approximate surface area is 88.5 Å². The lowest BCUT2D eigenvalue weighted by Crippen LogP contribution is -2.08. The molecule has 1 saturated carbocycles. The van der Waals surface area contributed by atoms with E-state index >= 15 is 0 Å². The molecule has 0 bridgehead atoms. The van der Waals surface area contributed by atoms with Gasteiger partial charge in [0.2, 0.25) is 0 Å². The van der Waals surface area contributed by atoms with Gasteiger partial charge in [0.1, 0.15) is 5.82 Å². The fourth-order valence-electron chi connectivity index (χ4n) is 1.74. The summed E-state index contributed by atoms with van der Waals surface area (Å²) in [5.41, 5.74) is 2.57. The molecular weight excluding hydrogens is 194 g/mol. The van der Waals surface area contributed by atoms with Crippen LogP contribution in [0.4, 0.5) is 5.82 Å². The summed E-state index contributed by atoms with van der Waals surface area (Å²) in [6, 6.07) is 5.90. The molecule has 0 atom stereocenters. The Bertz CT molecular complexity index is 297. The van der Waals surface area contributed by atoms with Crippen LogP contribution >= 0.6 is 11.8 Å². The molecule has 4 heteroatoms. The zero-order valence-electron chi connectivity index (χ0n) is 8.07. The molecule has 0 aromatic carbocycles. The number of pyridine rings is 1. The average molecular weight is 209 g/mol. The first-order chi connectivity index (χ1) is 6.88. The van der Waals surface area contributed by atoms with Gasteiger partial charge >= 0.3 is 0 Å². The lowest BCUT2D eigenvalue weighted by molar-refractivity contribution is 0.886. The SMILES string of the molecule is NNc1cccc(SC2CCCC2)n1. The van der Waals surface area contributed by atoms with E-state index in [1.165, 1.54) is 25.7 Å². The maximum absolute atomic E-state index is 5.31. The first-order valence-electron chi connectivity index (χ1n) is 4.99. The number of anilines is 1. The van der Waals surface area contributed by atoms with Crippen LogP contribution in [0.25, 0.3) is 0 Å². The number of hydrogen-bond acceptors (Lipinski definition) is 4. The summed E-state index contributed by atoms with van der Waals surface area (Å²) in [5, 5.41) is 1.84. The smallest absolute Gasteiger partial charge is 0.141 e. The van der Waals surface area contributed by atoms with Crippen LogP contribution in [-0.4, -0.2) is 10.2 Å². The first kappa shape index (κ1) is 9.80. The molecule has 3 N–H and O–H groups in total. The standard InChI is InChI=1S/C10H15N3S/c11-13-9-6-3-7-10(12-9)14-8-4-1-2-5-8/h3,6-8H,1-2,4-5,11H2,(H,12,13). The molecule has 1 heterocycles. The molecule has 1 aromatic heterocycles. The van der Waals surface area contributed by atoms with E-state index < -0.39 is 0 Å². The molecule has 0 saturated heterocycles. The largest absolute Gasteiger partial charge is 0.308 e. The summed E-state index contributed by atoms with van der Waals surface area (Å²) in [4.78, 5) is 4.38. The Hall–Kier alpha value is -0.740. The molecule has 76 valence electrons. The van der Waals surface area contributed by atoms with Crippen molar-refractivity contribution in [1.29, 1.82) is 0 Å². The van der Waals surface area contributed by atoms with E-state index in [1.54, 1.807) is 0 Å². The van der Waals surface area contributed by atoms with Gasteiger partial charge in [-0.15, -0.1) is 11.8 Å². The van der Waals surface area contributed by atoms with Gasteiger partial charge in [-0.05, 0) is 25.0 Å². The van der Waals surface area contributed by atoms with Crippen LogP contribution in [0.1, 0.15) is 25.7 Å². The van der Waals surface area contributed by atoms with E-state index in [4.69, 9.17) is 5.84 Å². The third-order valence-corrected chi connectivity index (χ3v) is 3.73. The predicted molar refractivity (Wildman–Crippen MR) is 60.2 cm³/mol. The maximum Gasteiger partial charge on any atom is 0.141 e. The van der Waals surface area contributed by atoms with Gasteiger partial charge in [0.25, 0.3) is 0 Å². The normalized spacial score (nSPS) is 17.2. The second-order valence-electron chi connectivity index (χ2n) is 3.53. The van der Waals surface area contributed by atoms with Crippen molar-refractivity contribution in [3.8, 4) is 0 Å². The Balaban J connectivity index is 2.00. The Morgan fingerprint density at radius 3 is 2.86 bits per heavy atom. The Kier molecular flexibility index (Phi) is 3.26. The van der Waals surface area contributed by atoms with Crippen LogP contribution in [0.3, 0.4) is 0 Å². The van der Waals surface area contributed by atoms with Crippen LogP contribution in [0.2, 0.25) is 0 Å². The van der Waals surface area contributed by atoms with Crippen LogP contribution < -0.4 is 11.3 Å². The van der Waals surface area contributed by atoms with Gasteiger partial charge in [0.05, 0.1) is 5.03 Å². The van der Waals surface area contributed by atoms with Gasteiger partial charge in [0.15, 0.2) is 0 Å². The number of nitrogens with two attached hydrogens (primary N) is 1. The first-order valence-corrected chi connectivity index (χ1v) is 5.87. The van der Waals surface area contributed by atoms with Crippen molar-refractivity contribution < 1.29 is 0 Å². The molecule has 0 radical (unpaired) electrons. The molecule has 14 heavy (non-hydrogen) atoms. The van der Waals surface area contributed by atoms with Crippen LogP contribution in [-0.2, 0) is 0 Å². The van der Waals surface area contributed by atoms with Crippen molar-refractivity contribution in [2.75, 3.05) is 5.43 Å². The van der Waals surface area contributed by atoms with Gasteiger partial charge in [-0.3, -0.25) is 0 Å². The fraction of sp³-hybridized carbons (Fsp3) is 0.500. The maximum atomic E-state index is 5.31. The zero-order chi connectivity index (χ0) is 9.80. The Morgan fingerprint density at radius 2 is 2.14 bits per heavy atom. The van der Waals surface area contributed by atoms with E-state index in [1.807, 2.05) is 30.0 Å². The molecule has 0 aliphatic heterocycles. The lowest BCUT2D eigenvalue weighted by atomic mass is 10.4. The van der Waals surface area contributed by atoms with E-state index in [-0.39, 0.29) is 0 Å². The minimum absolute atomic E-state index is 0.744. The number of nitrogen functional groups attached to an aromatic ring is 1. The highest BCUT2D eigenvalue weighted by atomic mass is 32.2. The number of nitrogens with one attached hydrogen (secondary N) is 1. The van der Waals surface area contributed by atoms with E-state index in [0.29, 0.717) is 0 Å². The third kappa shape index (κ3) is 2.39. The van der Waals surface area contributed by atoms with E-state index in [0.717, 1.165) is 16.1 Å². The van der Waals surface area contributed by atoms with E-state index in [9.17, 15) is 0 Å². The summed E-state index contributed by atoms with van der Waals surface area (Å²) >= 11 is 1.87. The molecule has 0 amide bonds. The highest BCUT2D eigenvalue weighted by Crippen LogP contribution is 2.33. The van der Waals surface area contributed by atoms with Gasteiger partial charge in [0, 0.05) is 5.25 Å². The number of hydrazine groups is 1. The van der Waals surface area contributed by atoms with Crippen molar-refractivity contribution in [3.05, 3.63) is 18.2 Å². The van der Waals surface area contributed by atoms with Crippen LogP contribution in [0.5, 0.6) is 0 Å². The molecule has 3 nitrogen and oxygen atoms in total.